The fraction of sp³-hybridized carbons (Fsp3) is 0.588. The zero-order valence-corrected chi connectivity index (χ0v) is 18.4. The van der Waals surface area contributed by atoms with Crippen molar-refractivity contribution in [3.05, 3.63) is 30.3 Å². The number of rotatable bonds is 6. The molecule has 140 valence electrons. The summed E-state index contributed by atoms with van der Waals surface area (Å²) in [7, 11) is -1.06. The molecule has 1 aromatic carbocycles. The van der Waals surface area contributed by atoms with Crippen LogP contribution in [0.4, 0.5) is 0 Å². The van der Waals surface area contributed by atoms with Gasteiger partial charge in [-0.1, -0.05) is 18.2 Å². The van der Waals surface area contributed by atoms with Crippen molar-refractivity contribution in [1.29, 1.82) is 0 Å². The standard InChI is InChI=1S/C17H25N3O2S2.HI/c1-18-16(19-11-14-7-10-24(21,22)12-14)20-13-17(8-9-17)23-15-5-3-2-4-6-15;/h2-6,14H,7-13H2,1H3,(H2,18,19,20);1H. The van der Waals surface area contributed by atoms with E-state index in [4.69, 9.17) is 0 Å². The Labute approximate surface area is 171 Å². The predicted octanol–water partition coefficient (Wildman–Crippen LogP) is 2.53. The average molecular weight is 495 g/mol. The molecule has 0 amide bonds. The summed E-state index contributed by atoms with van der Waals surface area (Å²) in [5.74, 6) is 1.58. The van der Waals surface area contributed by atoms with Gasteiger partial charge >= 0.3 is 0 Å². The van der Waals surface area contributed by atoms with Crippen molar-refractivity contribution < 1.29 is 8.42 Å². The van der Waals surface area contributed by atoms with Crippen LogP contribution in [0.15, 0.2) is 40.2 Å². The van der Waals surface area contributed by atoms with E-state index in [-0.39, 0.29) is 34.6 Å². The lowest BCUT2D eigenvalue weighted by Gasteiger charge is -2.19. The molecule has 0 aromatic heterocycles. The van der Waals surface area contributed by atoms with E-state index in [1.807, 2.05) is 17.8 Å². The summed E-state index contributed by atoms with van der Waals surface area (Å²) in [6.07, 6.45) is 3.16. The summed E-state index contributed by atoms with van der Waals surface area (Å²) in [4.78, 5) is 5.56. The van der Waals surface area contributed by atoms with Crippen molar-refractivity contribution in [3.8, 4) is 0 Å². The molecule has 0 radical (unpaired) electrons. The Morgan fingerprint density at radius 3 is 2.56 bits per heavy atom. The van der Waals surface area contributed by atoms with E-state index in [9.17, 15) is 8.42 Å². The Bertz CT molecular complexity index is 691. The lowest BCUT2D eigenvalue weighted by atomic mass is 10.1. The molecule has 1 aliphatic heterocycles. The second kappa shape index (κ2) is 8.94. The van der Waals surface area contributed by atoms with Gasteiger partial charge in [-0.2, -0.15) is 0 Å². The summed E-state index contributed by atoms with van der Waals surface area (Å²) in [5.41, 5.74) is 0. The molecule has 2 N–H and O–H groups in total. The first-order valence-electron chi connectivity index (χ1n) is 8.39. The average Bonchev–Trinajstić information content (AvgIpc) is 3.24. The van der Waals surface area contributed by atoms with Crippen LogP contribution in [0.2, 0.25) is 0 Å². The summed E-state index contributed by atoms with van der Waals surface area (Å²) in [5, 5.41) is 6.68. The first-order valence-corrected chi connectivity index (χ1v) is 11.0. The lowest BCUT2D eigenvalue weighted by molar-refractivity contribution is 0.567. The molecule has 1 heterocycles. The number of nitrogens with zero attached hydrogens (tertiary/aromatic N) is 1. The van der Waals surface area contributed by atoms with Gasteiger partial charge in [0.2, 0.25) is 0 Å². The third kappa shape index (κ3) is 6.32. The van der Waals surface area contributed by atoms with E-state index < -0.39 is 9.84 Å². The topological polar surface area (TPSA) is 70.6 Å². The number of benzene rings is 1. The van der Waals surface area contributed by atoms with E-state index in [1.165, 1.54) is 17.7 Å². The predicted molar refractivity (Wildman–Crippen MR) is 116 cm³/mol. The third-order valence-electron chi connectivity index (χ3n) is 4.57. The highest BCUT2D eigenvalue weighted by Crippen LogP contribution is 2.51. The van der Waals surface area contributed by atoms with Crippen LogP contribution in [0.5, 0.6) is 0 Å². The summed E-state index contributed by atoms with van der Waals surface area (Å²) < 4.78 is 23.3. The number of aliphatic imine (C=N–C) groups is 1. The maximum atomic E-state index is 11.5. The molecule has 3 rings (SSSR count). The molecule has 8 heteroatoms. The number of hydrogen-bond acceptors (Lipinski definition) is 4. The van der Waals surface area contributed by atoms with Crippen molar-refractivity contribution in [1.82, 2.24) is 10.6 Å². The zero-order chi connectivity index (χ0) is 17.0. The molecule has 5 nitrogen and oxygen atoms in total. The minimum Gasteiger partial charge on any atom is -0.356 e. The second-order valence-corrected chi connectivity index (χ2v) is 10.4. The molecule has 2 fully saturated rings. The quantitative estimate of drug-likeness (QED) is 0.361. The SMILES string of the molecule is CN=C(NCC1CCS(=O)(=O)C1)NCC1(Sc2ccccc2)CC1.I. The largest absolute Gasteiger partial charge is 0.356 e. The van der Waals surface area contributed by atoms with Gasteiger partial charge in [0.05, 0.1) is 11.5 Å². The first kappa shape index (κ1) is 20.8. The fourth-order valence-electron chi connectivity index (χ4n) is 2.93. The number of guanidine groups is 1. The van der Waals surface area contributed by atoms with Crippen LogP contribution >= 0.6 is 35.7 Å². The van der Waals surface area contributed by atoms with Gasteiger partial charge < -0.3 is 10.6 Å². The molecule has 1 aliphatic carbocycles. The number of hydrogen-bond donors (Lipinski definition) is 2. The summed E-state index contributed by atoms with van der Waals surface area (Å²) in [6.45, 7) is 1.53. The van der Waals surface area contributed by atoms with Gasteiger partial charge in [-0.05, 0) is 37.3 Å². The Morgan fingerprint density at radius 2 is 2.00 bits per heavy atom. The smallest absolute Gasteiger partial charge is 0.191 e. The Kier molecular flexibility index (Phi) is 7.45. The van der Waals surface area contributed by atoms with Crippen LogP contribution in [-0.2, 0) is 9.84 Å². The van der Waals surface area contributed by atoms with E-state index in [0.29, 0.717) is 18.1 Å². The van der Waals surface area contributed by atoms with Gasteiger partial charge in [-0.3, -0.25) is 4.99 Å². The van der Waals surface area contributed by atoms with Gasteiger partial charge in [0, 0.05) is 29.8 Å². The highest BCUT2D eigenvalue weighted by Gasteiger charge is 2.43. The van der Waals surface area contributed by atoms with E-state index in [1.54, 1.807) is 7.05 Å². The number of thioether (sulfide) groups is 1. The summed E-state index contributed by atoms with van der Waals surface area (Å²) >= 11 is 1.93. The molecule has 1 saturated carbocycles. The van der Waals surface area contributed by atoms with E-state index >= 15 is 0 Å². The van der Waals surface area contributed by atoms with E-state index in [2.05, 4.69) is 39.9 Å². The van der Waals surface area contributed by atoms with Crippen molar-refractivity contribution >= 4 is 51.5 Å². The Morgan fingerprint density at radius 1 is 1.28 bits per heavy atom. The molecule has 1 saturated heterocycles. The molecule has 1 atom stereocenters. The van der Waals surface area contributed by atoms with E-state index in [0.717, 1.165) is 18.9 Å². The minimum atomic E-state index is -2.81. The second-order valence-electron chi connectivity index (χ2n) is 6.67. The Hall–Kier alpha value is -0.480. The van der Waals surface area contributed by atoms with Gasteiger partial charge in [-0.25, -0.2) is 8.42 Å². The summed E-state index contributed by atoms with van der Waals surface area (Å²) in [6, 6.07) is 10.5. The van der Waals surface area contributed by atoms with Gasteiger partial charge in [0.25, 0.3) is 0 Å². The highest BCUT2D eigenvalue weighted by molar-refractivity contribution is 14.0. The van der Waals surface area contributed by atoms with Crippen LogP contribution in [-0.4, -0.2) is 50.8 Å². The molecule has 0 bridgehead atoms. The third-order valence-corrected chi connectivity index (χ3v) is 7.90. The monoisotopic (exact) mass is 495 g/mol. The zero-order valence-electron chi connectivity index (χ0n) is 14.4. The van der Waals surface area contributed by atoms with Crippen molar-refractivity contribution in [2.75, 3.05) is 31.6 Å². The van der Waals surface area contributed by atoms with Crippen LogP contribution in [0, 0.1) is 5.92 Å². The Balaban J connectivity index is 0.00000225. The van der Waals surface area contributed by atoms with Crippen molar-refractivity contribution in [3.63, 3.8) is 0 Å². The van der Waals surface area contributed by atoms with Gasteiger partial charge in [0.15, 0.2) is 15.8 Å². The lowest BCUT2D eigenvalue weighted by Crippen LogP contribution is -2.43. The number of halogens is 1. The maximum absolute atomic E-state index is 11.5. The van der Waals surface area contributed by atoms with Crippen molar-refractivity contribution in [2.45, 2.75) is 28.9 Å². The molecular weight excluding hydrogens is 469 g/mol. The van der Waals surface area contributed by atoms with Crippen LogP contribution in [0.3, 0.4) is 0 Å². The molecule has 2 aliphatic rings. The molecule has 0 spiro atoms. The van der Waals surface area contributed by atoms with Gasteiger partial charge in [-0.15, -0.1) is 35.7 Å². The highest BCUT2D eigenvalue weighted by atomic mass is 127. The van der Waals surface area contributed by atoms with Crippen LogP contribution in [0.1, 0.15) is 19.3 Å². The van der Waals surface area contributed by atoms with Crippen LogP contribution < -0.4 is 10.6 Å². The fourth-order valence-corrected chi connectivity index (χ4v) is 6.04. The minimum absolute atomic E-state index is 0. The maximum Gasteiger partial charge on any atom is 0.191 e. The molecule has 25 heavy (non-hydrogen) atoms. The van der Waals surface area contributed by atoms with Crippen molar-refractivity contribution in [2.24, 2.45) is 10.9 Å². The first-order chi connectivity index (χ1) is 11.5. The number of nitrogens with one attached hydrogen (secondary N) is 2. The number of sulfone groups is 1. The van der Waals surface area contributed by atoms with Crippen LogP contribution in [0.25, 0.3) is 0 Å². The molecular formula is C17H26IN3O2S2. The normalized spacial score (nSPS) is 23.6. The molecule has 1 aromatic rings. The molecule has 1 unspecified atom stereocenters. The van der Waals surface area contributed by atoms with Gasteiger partial charge in [0.1, 0.15) is 0 Å².